The number of guanidine groups is 1. The summed E-state index contributed by atoms with van der Waals surface area (Å²) in [7, 11) is 0. The van der Waals surface area contributed by atoms with Gasteiger partial charge in [-0.1, -0.05) is 42.5 Å². The van der Waals surface area contributed by atoms with Gasteiger partial charge in [-0.2, -0.15) is 5.10 Å². The lowest BCUT2D eigenvalue weighted by Gasteiger charge is -2.32. The van der Waals surface area contributed by atoms with Crippen LogP contribution in [0.2, 0.25) is 0 Å². The van der Waals surface area contributed by atoms with Crippen molar-refractivity contribution >= 4 is 29.2 Å². The van der Waals surface area contributed by atoms with E-state index >= 15 is 0 Å². The molecule has 3 aliphatic rings. The first-order chi connectivity index (χ1) is 18.6. The van der Waals surface area contributed by atoms with Gasteiger partial charge in [-0.05, 0) is 43.0 Å². The summed E-state index contributed by atoms with van der Waals surface area (Å²) in [5.74, 6) is 7.62. The average molecular weight is 509 g/mol. The molecule has 0 radical (unpaired) electrons. The molecule has 38 heavy (non-hydrogen) atoms. The molecule has 190 valence electrons. The van der Waals surface area contributed by atoms with E-state index in [1.807, 2.05) is 59.3 Å². The molecule has 9 nitrogen and oxygen atoms in total. The number of nitrogens with one attached hydrogen (secondary N) is 1. The molecule has 2 aromatic carbocycles. The molecule has 2 aliphatic heterocycles. The van der Waals surface area contributed by atoms with Crippen molar-refractivity contribution in [3.63, 3.8) is 0 Å². The van der Waals surface area contributed by atoms with Crippen LogP contribution in [0.25, 0.3) is 11.3 Å². The van der Waals surface area contributed by atoms with Crippen LogP contribution in [0.1, 0.15) is 35.2 Å². The van der Waals surface area contributed by atoms with Crippen molar-refractivity contribution < 1.29 is 9.18 Å². The number of fused-ring (bicyclic) bond motifs is 5. The lowest BCUT2D eigenvalue weighted by atomic mass is 10.1. The van der Waals surface area contributed by atoms with Gasteiger partial charge in [0.25, 0.3) is 5.91 Å². The normalized spacial score (nSPS) is 19.5. The number of anilines is 3. The minimum absolute atomic E-state index is 0.157. The Labute approximate surface area is 218 Å². The second-order valence-corrected chi connectivity index (χ2v) is 9.78. The van der Waals surface area contributed by atoms with E-state index in [2.05, 4.69) is 15.2 Å². The van der Waals surface area contributed by atoms with E-state index < -0.39 is 0 Å². The van der Waals surface area contributed by atoms with Gasteiger partial charge >= 0.3 is 0 Å². The number of hydrogen-bond donors (Lipinski definition) is 2. The number of amides is 1. The van der Waals surface area contributed by atoms with Gasteiger partial charge in [0.15, 0.2) is 5.82 Å². The topological polar surface area (TPSA) is 105 Å². The van der Waals surface area contributed by atoms with Crippen LogP contribution >= 0.6 is 0 Å². The molecule has 2 aromatic heterocycles. The smallest absolute Gasteiger partial charge is 0.265 e. The van der Waals surface area contributed by atoms with Crippen LogP contribution in [0.3, 0.4) is 0 Å². The molecule has 0 spiro atoms. The van der Waals surface area contributed by atoms with Crippen molar-refractivity contribution in [2.75, 3.05) is 9.91 Å². The minimum Gasteiger partial charge on any atom is -0.292 e. The number of nitrogens with zero attached hydrogens (tertiary/aromatic N) is 6. The highest BCUT2D eigenvalue weighted by molar-refractivity contribution is 6.21. The van der Waals surface area contributed by atoms with Gasteiger partial charge in [0, 0.05) is 17.8 Å². The molecule has 7 rings (SSSR count). The van der Waals surface area contributed by atoms with E-state index in [-0.39, 0.29) is 23.8 Å². The van der Waals surface area contributed by atoms with E-state index in [0.717, 1.165) is 36.1 Å². The summed E-state index contributed by atoms with van der Waals surface area (Å²) in [5.41, 5.74) is 3.51. The van der Waals surface area contributed by atoms with Crippen LogP contribution in [0.4, 0.5) is 21.7 Å². The summed E-state index contributed by atoms with van der Waals surface area (Å²) in [5, 5.41) is 9.32. The Kier molecular flexibility index (Phi) is 5.22. The van der Waals surface area contributed by atoms with Crippen LogP contribution < -0.4 is 21.1 Å². The van der Waals surface area contributed by atoms with Crippen molar-refractivity contribution in [2.45, 2.75) is 37.9 Å². The van der Waals surface area contributed by atoms with E-state index in [0.29, 0.717) is 35.4 Å². The number of carbonyl (C=O) groups excluding carboxylic acids is 1. The number of halogens is 1. The first-order valence-corrected chi connectivity index (χ1v) is 12.7. The van der Waals surface area contributed by atoms with Gasteiger partial charge in [-0.15, -0.1) is 0 Å². The number of benzene rings is 2. The third-order valence-corrected chi connectivity index (χ3v) is 7.45. The monoisotopic (exact) mass is 508 g/mol. The molecule has 4 heterocycles. The van der Waals surface area contributed by atoms with Crippen LogP contribution in [0.15, 0.2) is 77.9 Å². The van der Waals surface area contributed by atoms with Gasteiger partial charge in [0.2, 0.25) is 5.96 Å². The molecular weight excluding hydrogens is 483 g/mol. The van der Waals surface area contributed by atoms with Gasteiger partial charge in [-0.25, -0.2) is 19.9 Å². The fraction of sp³-hybridized carbons (Fsp3) is 0.214. The number of aliphatic imine (C=N–C) groups is 1. The predicted octanol–water partition coefficient (Wildman–Crippen LogP) is 3.98. The van der Waals surface area contributed by atoms with E-state index in [1.54, 1.807) is 0 Å². The maximum Gasteiger partial charge on any atom is 0.265 e. The summed E-state index contributed by atoms with van der Waals surface area (Å²) >= 11 is 0. The lowest BCUT2D eigenvalue weighted by Crippen LogP contribution is -2.51. The highest BCUT2D eigenvalue weighted by Crippen LogP contribution is 2.42. The Hall–Kier alpha value is -4.57. The number of hydrogen-bond acceptors (Lipinski definition) is 7. The largest absolute Gasteiger partial charge is 0.292 e. The Morgan fingerprint density at radius 3 is 2.68 bits per heavy atom. The van der Waals surface area contributed by atoms with Crippen molar-refractivity contribution in [1.29, 1.82) is 0 Å². The van der Waals surface area contributed by atoms with E-state index in [1.165, 1.54) is 23.3 Å². The summed E-state index contributed by atoms with van der Waals surface area (Å²) in [6.07, 6.45) is 4.54. The highest BCUT2D eigenvalue weighted by atomic mass is 19.1. The number of nitrogens with two attached hydrogens (primary N) is 1. The molecular formula is C28H25FN8O. The lowest BCUT2D eigenvalue weighted by molar-refractivity contribution is 0.0974. The van der Waals surface area contributed by atoms with Crippen molar-refractivity contribution in [3.05, 3.63) is 89.9 Å². The fourth-order valence-electron chi connectivity index (χ4n) is 5.66. The Balaban J connectivity index is 1.30. The number of rotatable bonds is 5. The summed E-state index contributed by atoms with van der Waals surface area (Å²) in [4.78, 5) is 24.6. The first-order valence-electron chi connectivity index (χ1n) is 12.7. The van der Waals surface area contributed by atoms with Crippen LogP contribution in [-0.4, -0.2) is 38.7 Å². The summed E-state index contributed by atoms with van der Waals surface area (Å²) in [6, 6.07) is 20.3. The van der Waals surface area contributed by atoms with E-state index in [4.69, 9.17) is 15.9 Å². The SMILES string of the molecule is NN(c1ccccc1)c1nn(Cc2ccc(-c3cc(F)ccn3)cc2)c2c1C(=O)NC1=N[C@@H]3CCC[C@@H]3N12. The van der Waals surface area contributed by atoms with Crippen LogP contribution in [0, 0.1) is 5.82 Å². The molecule has 3 N–H and O–H groups in total. The molecule has 10 heteroatoms. The third-order valence-electron chi connectivity index (χ3n) is 7.45. The molecule has 2 atom stereocenters. The van der Waals surface area contributed by atoms with Gasteiger partial charge < -0.3 is 0 Å². The Bertz CT molecular complexity index is 1570. The third kappa shape index (κ3) is 3.64. The van der Waals surface area contributed by atoms with Crippen molar-refractivity contribution in [2.24, 2.45) is 10.8 Å². The maximum atomic E-state index is 13.7. The number of para-hydroxylation sites is 1. The van der Waals surface area contributed by atoms with Gasteiger partial charge in [0.1, 0.15) is 17.2 Å². The average Bonchev–Trinajstić information content (AvgIpc) is 3.63. The second kappa shape index (κ2) is 8.77. The number of pyridine rings is 1. The molecule has 1 amide bonds. The number of aromatic nitrogens is 3. The molecule has 1 saturated carbocycles. The number of hydrazine groups is 1. The zero-order valence-electron chi connectivity index (χ0n) is 20.5. The molecule has 0 bridgehead atoms. The zero-order valence-corrected chi connectivity index (χ0v) is 20.5. The van der Waals surface area contributed by atoms with Gasteiger partial charge in [-0.3, -0.25) is 25.0 Å². The minimum atomic E-state index is -0.328. The summed E-state index contributed by atoms with van der Waals surface area (Å²) < 4.78 is 15.5. The van der Waals surface area contributed by atoms with Crippen molar-refractivity contribution in [1.82, 2.24) is 20.1 Å². The molecule has 0 unspecified atom stereocenters. The molecule has 0 saturated heterocycles. The summed E-state index contributed by atoms with van der Waals surface area (Å²) in [6.45, 7) is 0.413. The van der Waals surface area contributed by atoms with Gasteiger partial charge in [0.05, 0.1) is 30.0 Å². The molecule has 1 fully saturated rings. The predicted molar refractivity (Wildman–Crippen MR) is 143 cm³/mol. The van der Waals surface area contributed by atoms with E-state index in [9.17, 15) is 9.18 Å². The molecule has 4 aromatic rings. The maximum absolute atomic E-state index is 13.7. The quantitative estimate of drug-likeness (QED) is 0.312. The highest BCUT2D eigenvalue weighted by Gasteiger charge is 2.47. The van der Waals surface area contributed by atoms with Crippen molar-refractivity contribution in [3.8, 4) is 11.3 Å². The Morgan fingerprint density at radius 1 is 1.08 bits per heavy atom. The second-order valence-electron chi connectivity index (χ2n) is 9.78. The van der Waals surface area contributed by atoms with Crippen LogP contribution in [-0.2, 0) is 6.54 Å². The molecule has 1 aliphatic carbocycles. The standard InChI is InChI=1S/C28H25FN8O/c29-19-13-14-31-22(15-19)18-11-9-17(10-12-18)16-35-27-24(25(34-35)37(30)20-5-2-1-3-6-20)26(38)33-28-32-21-7-4-8-23(21)36(27)28/h1-3,5-6,9-15,21,23H,4,7-8,16,30H2,(H,32,33,38)/t21-,23+/m1/s1. The first kappa shape index (κ1) is 22.6. The van der Waals surface area contributed by atoms with Crippen LogP contribution in [0.5, 0.6) is 0 Å². The fourth-order valence-corrected chi connectivity index (χ4v) is 5.66. The zero-order chi connectivity index (χ0) is 25.8. The Morgan fingerprint density at radius 2 is 1.89 bits per heavy atom. The number of carbonyl (C=O) groups is 1.